The zero-order valence-electron chi connectivity index (χ0n) is 20.3. The van der Waals surface area contributed by atoms with Gasteiger partial charge >= 0.3 is 12.1 Å². The lowest BCUT2D eigenvalue weighted by Gasteiger charge is -2.20. The van der Waals surface area contributed by atoms with E-state index in [0.29, 0.717) is 6.42 Å². The van der Waals surface area contributed by atoms with Gasteiger partial charge in [-0.15, -0.1) is 0 Å². The van der Waals surface area contributed by atoms with Crippen LogP contribution in [-0.2, 0) is 29.1 Å². The molecule has 0 aliphatic heterocycles. The third kappa shape index (κ3) is 13.5. The molecule has 0 spiro atoms. The molecule has 0 saturated heterocycles. The number of carbonyl (C=O) groups excluding carboxylic acids is 3. The van der Waals surface area contributed by atoms with E-state index >= 15 is 0 Å². The summed E-state index contributed by atoms with van der Waals surface area (Å²) in [6.45, 7) is 10.3. The molecule has 0 aromatic heterocycles. The van der Waals surface area contributed by atoms with Crippen LogP contribution in [0.5, 0.6) is 0 Å². The van der Waals surface area contributed by atoms with Crippen molar-refractivity contribution in [1.29, 1.82) is 0 Å². The summed E-state index contributed by atoms with van der Waals surface area (Å²) in [5.74, 6) is -1.44. The first-order valence-corrected chi connectivity index (χ1v) is 12.4. The van der Waals surface area contributed by atoms with Crippen LogP contribution in [0.1, 0.15) is 54.4 Å². The zero-order valence-corrected chi connectivity index (χ0v) is 21.1. The van der Waals surface area contributed by atoms with Gasteiger partial charge < -0.3 is 20.1 Å². The number of benzene rings is 1. The number of sulfonamides is 1. The lowest BCUT2D eigenvalue weighted by atomic mass is 10.2. The molecule has 1 aromatic rings. The number of amides is 2. The molecule has 1 unspecified atom stereocenters. The van der Waals surface area contributed by atoms with E-state index in [1.807, 2.05) is 20.8 Å². The predicted molar refractivity (Wildman–Crippen MR) is 125 cm³/mol. The van der Waals surface area contributed by atoms with E-state index in [4.69, 9.17) is 9.47 Å². The van der Waals surface area contributed by atoms with Gasteiger partial charge in [-0.05, 0) is 39.3 Å². The van der Waals surface area contributed by atoms with Gasteiger partial charge in [0, 0.05) is 6.54 Å². The summed E-state index contributed by atoms with van der Waals surface area (Å²) < 4.78 is 37.5. The molecule has 3 N–H and O–H groups in total. The molecule has 0 fully saturated rings. The predicted octanol–water partition coefficient (Wildman–Crippen LogP) is 2.34. The first-order valence-electron chi connectivity index (χ1n) is 10.9. The second-order valence-electron chi connectivity index (χ2n) is 7.67. The van der Waals surface area contributed by atoms with Crippen molar-refractivity contribution in [3.05, 3.63) is 30.3 Å². The van der Waals surface area contributed by atoms with E-state index in [2.05, 4.69) is 15.4 Å². The van der Waals surface area contributed by atoms with Crippen molar-refractivity contribution in [2.75, 3.05) is 19.7 Å². The maximum absolute atomic E-state index is 12.6. The SMILES string of the molecule is CC.CCCCOC(=O)C(CNC(=O)CNC(=O)OC(C)(C)C)NS(=O)(=O)c1ccccc1. The van der Waals surface area contributed by atoms with Crippen LogP contribution in [0, 0.1) is 0 Å². The molecular weight excluding hydrogens is 450 g/mol. The highest BCUT2D eigenvalue weighted by Gasteiger charge is 2.27. The van der Waals surface area contributed by atoms with E-state index in [-0.39, 0.29) is 18.0 Å². The van der Waals surface area contributed by atoms with Crippen molar-refractivity contribution in [2.24, 2.45) is 0 Å². The van der Waals surface area contributed by atoms with Crippen LogP contribution in [0.3, 0.4) is 0 Å². The molecule has 33 heavy (non-hydrogen) atoms. The van der Waals surface area contributed by atoms with E-state index in [0.717, 1.165) is 6.42 Å². The molecule has 10 nitrogen and oxygen atoms in total. The number of hydrogen-bond donors (Lipinski definition) is 3. The number of ether oxygens (including phenoxy) is 2. The van der Waals surface area contributed by atoms with Gasteiger partial charge in [-0.2, -0.15) is 4.72 Å². The smallest absolute Gasteiger partial charge is 0.408 e. The summed E-state index contributed by atoms with van der Waals surface area (Å²) in [5.41, 5.74) is -0.719. The van der Waals surface area contributed by atoms with Crippen molar-refractivity contribution >= 4 is 28.0 Å². The normalized spacial score (nSPS) is 11.9. The topological polar surface area (TPSA) is 140 Å². The van der Waals surface area contributed by atoms with Crippen LogP contribution in [0.25, 0.3) is 0 Å². The molecule has 11 heteroatoms. The molecule has 0 bridgehead atoms. The van der Waals surface area contributed by atoms with Gasteiger partial charge in [-0.25, -0.2) is 13.2 Å². The van der Waals surface area contributed by atoms with Crippen molar-refractivity contribution in [3.8, 4) is 0 Å². The Morgan fingerprint density at radius 2 is 1.64 bits per heavy atom. The highest BCUT2D eigenvalue weighted by atomic mass is 32.2. The first kappa shape index (κ1) is 30.3. The van der Waals surface area contributed by atoms with E-state index < -0.39 is 46.2 Å². The highest BCUT2D eigenvalue weighted by molar-refractivity contribution is 7.89. The van der Waals surface area contributed by atoms with E-state index in [1.54, 1.807) is 39.0 Å². The van der Waals surface area contributed by atoms with Gasteiger partial charge in [0.1, 0.15) is 11.6 Å². The maximum atomic E-state index is 12.6. The number of esters is 1. The molecule has 1 atom stereocenters. The van der Waals surface area contributed by atoms with Crippen molar-refractivity contribution in [1.82, 2.24) is 15.4 Å². The molecule has 1 aromatic carbocycles. The zero-order chi connectivity index (χ0) is 25.5. The number of unbranched alkanes of at least 4 members (excludes halogenated alkanes) is 1. The van der Waals surface area contributed by atoms with E-state index in [1.165, 1.54) is 12.1 Å². The number of rotatable bonds is 11. The minimum atomic E-state index is -4.02. The van der Waals surface area contributed by atoms with Crippen LogP contribution in [0.15, 0.2) is 35.2 Å². The minimum Gasteiger partial charge on any atom is -0.464 e. The average molecular weight is 488 g/mol. The molecular formula is C22H37N3O7S. The molecule has 0 heterocycles. The molecule has 0 radical (unpaired) electrons. The minimum absolute atomic E-state index is 0.0284. The fraction of sp³-hybridized carbons (Fsp3) is 0.591. The maximum Gasteiger partial charge on any atom is 0.408 e. The summed E-state index contributed by atoms with van der Waals surface area (Å²) in [6.07, 6.45) is 0.638. The van der Waals surface area contributed by atoms with E-state index in [9.17, 15) is 22.8 Å². The van der Waals surface area contributed by atoms with Gasteiger partial charge in [-0.3, -0.25) is 9.59 Å². The number of nitrogens with one attached hydrogen (secondary N) is 3. The van der Waals surface area contributed by atoms with Gasteiger partial charge in [-0.1, -0.05) is 45.4 Å². The second kappa shape index (κ2) is 15.2. The van der Waals surface area contributed by atoms with Crippen molar-refractivity contribution < 1.29 is 32.3 Å². The van der Waals surface area contributed by atoms with Gasteiger partial charge in [0.15, 0.2) is 0 Å². The summed E-state index contributed by atoms with van der Waals surface area (Å²) in [7, 11) is -4.02. The number of alkyl carbamates (subject to hydrolysis) is 1. The summed E-state index contributed by atoms with van der Waals surface area (Å²) >= 11 is 0. The quantitative estimate of drug-likeness (QED) is 0.321. The Labute approximate surface area is 196 Å². The molecule has 1 rings (SSSR count). The fourth-order valence-electron chi connectivity index (χ4n) is 2.19. The van der Waals surface area contributed by atoms with Gasteiger partial charge in [0.2, 0.25) is 15.9 Å². The number of hydrogen-bond acceptors (Lipinski definition) is 7. The summed E-state index contributed by atoms with van der Waals surface area (Å²) in [6, 6.07) is 6.18. The Kier molecular flexibility index (Phi) is 14.0. The van der Waals surface area contributed by atoms with Gasteiger partial charge in [0.05, 0.1) is 18.0 Å². The largest absolute Gasteiger partial charge is 0.464 e. The third-order valence-electron chi connectivity index (χ3n) is 3.67. The Morgan fingerprint density at radius 1 is 1.03 bits per heavy atom. The standard InChI is InChI=1S/C20H31N3O7S.C2H6/c1-5-6-12-29-18(25)16(23-31(27,28)15-10-8-7-9-11-15)13-21-17(24)14-22-19(26)30-20(2,3)4;1-2/h7-11,16,23H,5-6,12-14H2,1-4H3,(H,21,24)(H,22,26);1-2H3. The third-order valence-corrected chi connectivity index (χ3v) is 5.16. The monoisotopic (exact) mass is 487 g/mol. The molecule has 0 aliphatic rings. The van der Waals surface area contributed by atoms with Crippen LogP contribution < -0.4 is 15.4 Å². The summed E-state index contributed by atoms with van der Waals surface area (Å²) in [4.78, 5) is 36.0. The van der Waals surface area contributed by atoms with Crippen LogP contribution in [0.2, 0.25) is 0 Å². The Hall–Kier alpha value is -2.66. The van der Waals surface area contributed by atoms with Crippen LogP contribution >= 0.6 is 0 Å². The van der Waals surface area contributed by atoms with Crippen molar-refractivity contribution in [2.45, 2.75) is 70.9 Å². The number of carbonyl (C=O) groups is 3. The molecule has 2 amide bonds. The average Bonchev–Trinajstić information content (AvgIpc) is 2.76. The molecule has 188 valence electrons. The Bertz CT molecular complexity index is 837. The Morgan fingerprint density at radius 3 is 2.18 bits per heavy atom. The highest BCUT2D eigenvalue weighted by Crippen LogP contribution is 2.09. The fourth-order valence-corrected chi connectivity index (χ4v) is 3.40. The lowest BCUT2D eigenvalue weighted by molar-refractivity contribution is -0.145. The first-order chi connectivity index (χ1) is 15.4. The molecule has 0 saturated carbocycles. The Balaban J connectivity index is 0.00000497. The molecule has 0 aliphatic carbocycles. The van der Waals surface area contributed by atoms with Crippen molar-refractivity contribution in [3.63, 3.8) is 0 Å². The lowest BCUT2D eigenvalue weighted by Crippen LogP contribution is -2.50. The van der Waals surface area contributed by atoms with Crippen LogP contribution in [-0.4, -0.2) is 57.7 Å². The van der Waals surface area contributed by atoms with Crippen LogP contribution in [0.4, 0.5) is 4.79 Å². The second-order valence-corrected chi connectivity index (χ2v) is 9.38. The summed E-state index contributed by atoms with van der Waals surface area (Å²) in [5, 5.41) is 4.69. The van der Waals surface area contributed by atoms with Gasteiger partial charge in [0.25, 0.3) is 0 Å².